The largest absolute Gasteiger partial charge is 0.402 e. The Bertz CT molecular complexity index is 263. The first-order valence-corrected chi connectivity index (χ1v) is 5.02. The lowest BCUT2D eigenvalue weighted by Crippen LogP contribution is -1.92. The lowest BCUT2D eigenvalue weighted by molar-refractivity contribution is 1.15. The maximum atomic E-state index is 5.66. The van der Waals surface area contributed by atoms with Crippen LogP contribution in [-0.2, 0) is 0 Å². The van der Waals surface area contributed by atoms with Crippen LogP contribution in [0.15, 0.2) is 47.7 Å². The molecule has 0 spiro atoms. The van der Waals surface area contributed by atoms with Crippen molar-refractivity contribution in [2.45, 2.75) is 33.6 Å². The van der Waals surface area contributed by atoms with Gasteiger partial charge in [-0.05, 0) is 43.9 Å². The molecule has 0 aromatic carbocycles. The van der Waals surface area contributed by atoms with Crippen LogP contribution in [0, 0.1) is 0 Å². The second kappa shape index (κ2) is 7.19. The standard InChI is InChI=1S/C13H21N/c1-5-7-8-9-13(10-12(4)14)11(3)6-2/h6-8,10H,2,5,9,14H2,1,3-4H3/b8-7-,12-10+,13-11+. The van der Waals surface area contributed by atoms with Gasteiger partial charge in [0.25, 0.3) is 0 Å². The molecule has 0 rings (SSSR count). The Labute approximate surface area is 87.7 Å². The molecule has 0 radical (unpaired) electrons. The molecule has 0 saturated heterocycles. The quantitative estimate of drug-likeness (QED) is 0.520. The van der Waals surface area contributed by atoms with Crippen molar-refractivity contribution in [1.82, 2.24) is 0 Å². The molecular weight excluding hydrogens is 170 g/mol. The fourth-order valence-corrected chi connectivity index (χ4v) is 1.12. The molecule has 0 unspecified atom stereocenters. The Morgan fingerprint density at radius 2 is 1.93 bits per heavy atom. The van der Waals surface area contributed by atoms with Gasteiger partial charge >= 0.3 is 0 Å². The molecule has 0 aromatic heterocycles. The van der Waals surface area contributed by atoms with Gasteiger partial charge in [0.2, 0.25) is 0 Å². The van der Waals surface area contributed by atoms with Crippen LogP contribution in [0.25, 0.3) is 0 Å². The summed E-state index contributed by atoms with van der Waals surface area (Å²) in [7, 11) is 0. The molecule has 0 atom stereocenters. The van der Waals surface area contributed by atoms with Gasteiger partial charge < -0.3 is 5.73 Å². The van der Waals surface area contributed by atoms with Crippen molar-refractivity contribution in [2.24, 2.45) is 5.73 Å². The van der Waals surface area contributed by atoms with E-state index in [1.165, 1.54) is 11.1 Å². The summed E-state index contributed by atoms with van der Waals surface area (Å²) < 4.78 is 0. The molecule has 0 aliphatic carbocycles. The molecule has 0 aromatic rings. The van der Waals surface area contributed by atoms with E-state index < -0.39 is 0 Å². The fraction of sp³-hybridized carbons (Fsp3) is 0.385. The van der Waals surface area contributed by atoms with E-state index in [1.54, 1.807) is 0 Å². The van der Waals surface area contributed by atoms with E-state index >= 15 is 0 Å². The van der Waals surface area contributed by atoms with Gasteiger partial charge in [-0.1, -0.05) is 31.7 Å². The molecule has 0 fully saturated rings. The normalized spacial score (nSPS) is 14.4. The minimum Gasteiger partial charge on any atom is -0.402 e. The molecular formula is C13H21N. The number of rotatable bonds is 5. The monoisotopic (exact) mass is 191 g/mol. The summed E-state index contributed by atoms with van der Waals surface area (Å²) >= 11 is 0. The highest BCUT2D eigenvalue weighted by Gasteiger charge is 1.94. The second-order valence-electron chi connectivity index (χ2n) is 3.38. The molecule has 0 aliphatic heterocycles. The molecule has 2 N–H and O–H groups in total. The smallest absolute Gasteiger partial charge is 0.00518 e. The van der Waals surface area contributed by atoms with Gasteiger partial charge in [-0.25, -0.2) is 0 Å². The van der Waals surface area contributed by atoms with Crippen LogP contribution in [0.1, 0.15) is 33.6 Å². The van der Waals surface area contributed by atoms with Crippen molar-refractivity contribution in [1.29, 1.82) is 0 Å². The van der Waals surface area contributed by atoms with Gasteiger partial charge in [-0.3, -0.25) is 0 Å². The predicted molar refractivity (Wildman–Crippen MR) is 64.9 cm³/mol. The number of nitrogens with two attached hydrogens (primary N) is 1. The molecule has 0 bridgehead atoms. The van der Waals surface area contributed by atoms with Crippen LogP contribution in [0.3, 0.4) is 0 Å². The minimum atomic E-state index is 0.839. The zero-order valence-corrected chi connectivity index (χ0v) is 9.51. The third-order valence-electron chi connectivity index (χ3n) is 1.95. The topological polar surface area (TPSA) is 26.0 Å². The van der Waals surface area contributed by atoms with Crippen LogP contribution < -0.4 is 5.73 Å². The van der Waals surface area contributed by atoms with E-state index in [2.05, 4.69) is 32.6 Å². The number of hydrogen-bond donors (Lipinski definition) is 1. The first-order valence-electron chi connectivity index (χ1n) is 5.02. The van der Waals surface area contributed by atoms with Crippen LogP contribution in [0.2, 0.25) is 0 Å². The van der Waals surface area contributed by atoms with Gasteiger partial charge in [0, 0.05) is 5.70 Å². The van der Waals surface area contributed by atoms with E-state index in [4.69, 9.17) is 5.73 Å². The van der Waals surface area contributed by atoms with Crippen molar-refractivity contribution in [2.75, 3.05) is 0 Å². The van der Waals surface area contributed by atoms with Crippen LogP contribution in [0.5, 0.6) is 0 Å². The molecule has 78 valence electrons. The van der Waals surface area contributed by atoms with Crippen LogP contribution >= 0.6 is 0 Å². The Kier molecular flexibility index (Phi) is 6.55. The first-order chi connectivity index (χ1) is 6.61. The zero-order valence-electron chi connectivity index (χ0n) is 9.51. The van der Waals surface area contributed by atoms with Gasteiger partial charge in [0.05, 0.1) is 0 Å². The van der Waals surface area contributed by atoms with Gasteiger partial charge in [0.15, 0.2) is 0 Å². The Morgan fingerprint density at radius 1 is 1.29 bits per heavy atom. The van der Waals surface area contributed by atoms with E-state index in [0.717, 1.165) is 18.5 Å². The van der Waals surface area contributed by atoms with Crippen molar-refractivity contribution in [3.05, 3.63) is 47.7 Å². The van der Waals surface area contributed by atoms with Crippen molar-refractivity contribution in [3.63, 3.8) is 0 Å². The van der Waals surface area contributed by atoms with Crippen LogP contribution in [-0.4, -0.2) is 0 Å². The molecule has 0 amide bonds. The summed E-state index contributed by atoms with van der Waals surface area (Å²) in [5.74, 6) is 0. The molecule has 1 heteroatoms. The van der Waals surface area contributed by atoms with Crippen LogP contribution in [0.4, 0.5) is 0 Å². The first kappa shape index (κ1) is 12.8. The zero-order chi connectivity index (χ0) is 11.0. The van der Waals surface area contributed by atoms with E-state index in [9.17, 15) is 0 Å². The number of allylic oxidation sites excluding steroid dienone is 7. The maximum absolute atomic E-state index is 5.66. The lowest BCUT2D eigenvalue weighted by atomic mass is 10.0. The highest BCUT2D eigenvalue weighted by molar-refractivity contribution is 5.33. The van der Waals surface area contributed by atoms with Gasteiger partial charge in [-0.15, -0.1) is 0 Å². The summed E-state index contributed by atoms with van der Waals surface area (Å²) in [6.07, 6.45) is 10.2. The van der Waals surface area contributed by atoms with E-state index in [-0.39, 0.29) is 0 Å². The van der Waals surface area contributed by atoms with Gasteiger partial charge in [-0.2, -0.15) is 0 Å². The van der Waals surface area contributed by atoms with E-state index in [0.29, 0.717) is 0 Å². The summed E-state index contributed by atoms with van der Waals surface area (Å²) in [6.45, 7) is 9.85. The predicted octanol–water partition coefficient (Wildman–Crippen LogP) is 3.71. The lowest BCUT2D eigenvalue weighted by Gasteiger charge is -2.03. The highest BCUT2D eigenvalue weighted by Crippen LogP contribution is 2.13. The third kappa shape index (κ3) is 5.41. The summed E-state index contributed by atoms with van der Waals surface area (Å²) in [6, 6.07) is 0. The second-order valence-corrected chi connectivity index (χ2v) is 3.38. The molecule has 1 nitrogen and oxygen atoms in total. The third-order valence-corrected chi connectivity index (χ3v) is 1.95. The average Bonchev–Trinajstić information content (AvgIpc) is 2.15. The highest BCUT2D eigenvalue weighted by atomic mass is 14.5. The molecule has 14 heavy (non-hydrogen) atoms. The van der Waals surface area contributed by atoms with Crippen molar-refractivity contribution >= 4 is 0 Å². The van der Waals surface area contributed by atoms with Gasteiger partial charge in [0.1, 0.15) is 0 Å². The van der Waals surface area contributed by atoms with Crippen molar-refractivity contribution in [3.8, 4) is 0 Å². The summed E-state index contributed by atoms with van der Waals surface area (Å²) in [4.78, 5) is 0. The Hall–Kier alpha value is -1.24. The maximum Gasteiger partial charge on any atom is 0.00518 e. The van der Waals surface area contributed by atoms with Crippen molar-refractivity contribution < 1.29 is 0 Å². The average molecular weight is 191 g/mol. The number of hydrogen-bond acceptors (Lipinski definition) is 1. The molecule has 0 aliphatic rings. The Morgan fingerprint density at radius 3 is 2.36 bits per heavy atom. The minimum absolute atomic E-state index is 0.839. The van der Waals surface area contributed by atoms with E-state index in [1.807, 2.05) is 19.1 Å². The Balaban J connectivity index is 4.67. The summed E-state index contributed by atoms with van der Waals surface area (Å²) in [5.41, 5.74) is 8.93. The SMILES string of the molecule is C=C/C(C)=C(/C=C(\C)N)C/C=C\CC. The summed E-state index contributed by atoms with van der Waals surface area (Å²) in [5, 5.41) is 0. The molecule has 0 heterocycles. The molecule has 0 saturated carbocycles. The fourth-order valence-electron chi connectivity index (χ4n) is 1.12.